The number of thioether (sulfide) groups is 2. The Balaban J connectivity index is 0.00000106. The third kappa shape index (κ3) is 11.1. The molecule has 2 aromatic rings. The van der Waals surface area contributed by atoms with Gasteiger partial charge in [-0.2, -0.15) is 24.9 Å². The molecule has 2 aliphatic heterocycles. The van der Waals surface area contributed by atoms with Gasteiger partial charge >= 0.3 is 24.1 Å². The minimum Gasteiger partial charge on any atom is -0.504 e. The van der Waals surface area contributed by atoms with Crippen molar-refractivity contribution in [1.82, 2.24) is 20.5 Å². The fourth-order valence-electron chi connectivity index (χ4n) is 4.54. The highest BCUT2D eigenvalue weighted by Crippen LogP contribution is 2.41. The number of aliphatic carboxylic acids is 3. The highest BCUT2D eigenvalue weighted by molar-refractivity contribution is 8.01. The van der Waals surface area contributed by atoms with E-state index >= 15 is 0 Å². The molecule has 0 spiro atoms. The van der Waals surface area contributed by atoms with E-state index in [4.69, 9.17) is 32.1 Å². The lowest BCUT2D eigenvalue weighted by atomic mass is 9.89. The van der Waals surface area contributed by atoms with E-state index in [2.05, 4.69) is 20.8 Å². The number of amides is 3. The van der Waals surface area contributed by atoms with Crippen LogP contribution in [0.15, 0.2) is 33.9 Å². The van der Waals surface area contributed by atoms with Crippen LogP contribution in [-0.2, 0) is 28.8 Å². The summed E-state index contributed by atoms with van der Waals surface area (Å²) in [5.41, 5.74) is 4.66. The molecule has 2 aliphatic rings. The second-order valence-electron chi connectivity index (χ2n) is 12.2. The summed E-state index contributed by atoms with van der Waals surface area (Å²) in [4.78, 5) is 82.3. The van der Waals surface area contributed by atoms with E-state index in [0.29, 0.717) is 11.3 Å². The van der Waals surface area contributed by atoms with Crippen LogP contribution in [0.3, 0.4) is 0 Å². The molecule has 25 heteroatoms. The zero-order valence-corrected chi connectivity index (χ0v) is 31.7. The zero-order chi connectivity index (χ0) is 41.6. The number of oxime groups is 1. The number of alkyl halides is 3. The van der Waals surface area contributed by atoms with Gasteiger partial charge < -0.3 is 46.7 Å². The van der Waals surface area contributed by atoms with Crippen molar-refractivity contribution < 1.29 is 72.3 Å². The number of halogens is 4. The lowest BCUT2D eigenvalue weighted by Crippen LogP contribution is -2.71. The normalized spacial score (nSPS) is 17.5. The molecule has 55 heavy (non-hydrogen) atoms. The van der Waals surface area contributed by atoms with E-state index in [1.807, 2.05) is 0 Å². The van der Waals surface area contributed by atoms with E-state index in [-0.39, 0.29) is 45.2 Å². The number of nitrogens with zero attached hydrogens (tertiary/aromatic N) is 3. The monoisotopic (exact) mass is 856 g/mol. The van der Waals surface area contributed by atoms with Crippen LogP contribution >= 0.6 is 46.5 Å². The van der Waals surface area contributed by atoms with Crippen LogP contribution in [0.1, 0.15) is 36.8 Å². The van der Waals surface area contributed by atoms with Gasteiger partial charge in [-0.15, -0.1) is 23.1 Å². The van der Waals surface area contributed by atoms with Crippen molar-refractivity contribution in [2.45, 2.75) is 44.5 Å². The minimum absolute atomic E-state index is 0.00101. The average molecular weight is 857 g/mol. The van der Waals surface area contributed by atoms with Crippen molar-refractivity contribution in [3.63, 3.8) is 0 Å². The summed E-state index contributed by atoms with van der Waals surface area (Å²) in [5, 5.41) is 55.4. The van der Waals surface area contributed by atoms with Crippen molar-refractivity contribution in [1.29, 1.82) is 0 Å². The Kier molecular flexibility index (Phi) is 14.7. The Bertz CT molecular complexity index is 1920. The number of phenols is 2. The van der Waals surface area contributed by atoms with E-state index in [1.54, 1.807) is 20.8 Å². The van der Waals surface area contributed by atoms with Crippen LogP contribution in [-0.4, -0.2) is 124 Å². The average Bonchev–Trinajstić information content (AvgIpc) is 3.51. The predicted octanol–water partition coefficient (Wildman–Crippen LogP) is 2.54. The summed E-state index contributed by atoms with van der Waals surface area (Å²) in [6, 6.07) is 1.28. The molecule has 9 N–H and O–H groups in total. The molecular weight excluding hydrogens is 825 g/mol. The number of phenolic OH excluding ortho intramolecular Hbond substituents is 2. The van der Waals surface area contributed by atoms with Crippen LogP contribution in [0.5, 0.6) is 11.5 Å². The Hall–Kier alpha value is -4.94. The first kappa shape index (κ1) is 44.5. The fraction of sp³-hybridized carbons (Fsp3) is 0.400. The van der Waals surface area contributed by atoms with Gasteiger partial charge in [0.1, 0.15) is 22.8 Å². The third-order valence-electron chi connectivity index (χ3n) is 7.17. The number of thiazole rings is 1. The SMILES string of the molecule is CC(C)(C)C(O/N=C(\C(=O)N[C@@H]1C(=O)N2C(C(=O)O)=C(CSCCNC(=O)c3ccc(O)c(O)c3Cl)CS[C@H]12)c1csc(N)n1)C(=O)O.O=C(O)C(F)(F)F. The number of nitrogens with two attached hydrogens (primary N) is 1. The number of β-lactam (4-membered cyclic amide) rings is 1. The summed E-state index contributed by atoms with van der Waals surface area (Å²) < 4.78 is 31.7. The number of rotatable bonds is 13. The Morgan fingerprint density at radius 3 is 2.33 bits per heavy atom. The van der Waals surface area contributed by atoms with Crippen LogP contribution in [0, 0.1) is 5.41 Å². The maximum absolute atomic E-state index is 13.4. The van der Waals surface area contributed by atoms with Crippen LogP contribution in [0.25, 0.3) is 0 Å². The van der Waals surface area contributed by atoms with E-state index < -0.39 is 82.0 Å². The number of carboxylic acids is 3. The summed E-state index contributed by atoms with van der Waals surface area (Å²) in [5.74, 6) is -7.76. The Labute approximate surface area is 325 Å². The molecular formula is C30H32ClF3N6O12S3. The number of carboxylic acid groups (broad SMARTS) is 3. The maximum Gasteiger partial charge on any atom is 0.490 e. The predicted molar refractivity (Wildman–Crippen MR) is 193 cm³/mol. The number of aromatic nitrogens is 1. The smallest absolute Gasteiger partial charge is 0.490 e. The Morgan fingerprint density at radius 2 is 1.80 bits per heavy atom. The highest BCUT2D eigenvalue weighted by Gasteiger charge is 2.54. The quantitative estimate of drug-likeness (QED) is 0.0472. The molecule has 300 valence electrons. The Morgan fingerprint density at radius 1 is 1.16 bits per heavy atom. The second kappa shape index (κ2) is 18.1. The topological polar surface area (TPSA) is 291 Å². The van der Waals surface area contributed by atoms with E-state index in [0.717, 1.165) is 22.3 Å². The maximum atomic E-state index is 13.4. The van der Waals surface area contributed by atoms with Gasteiger partial charge in [0.25, 0.3) is 17.7 Å². The van der Waals surface area contributed by atoms with Crippen molar-refractivity contribution in [2.24, 2.45) is 10.6 Å². The van der Waals surface area contributed by atoms with Gasteiger partial charge in [0.15, 0.2) is 22.3 Å². The molecule has 0 aliphatic carbocycles. The molecule has 1 saturated heterocycles. The summed E-state index contributed by atoms with van der Waals surface area (Å²) >= 11 is 9.49. The molecule has 0 bridgehead atoms. The molecule has 1 aromatic heterocycles. The molecule has 0 saturated carbocycles. The molecule has 3 atom stereocenters. The molecule has 1 unspecified atom stereocenters. The van der Waals surface area contributed by atoms with Gasteiger partial charge in [-0.05, 0) is 17.7 Å². The van der Waals surface area contributed by atoms with Crippen LogP contribution in [0.4, 0.5) is 18.3 Å². The van der Waals surface area contributed by atoms with Gasteiger partial charge in [-0.1, -0.05) is 37.5 Å². The molecule has 4 rings (SSSR count). The first-order valence-electron chi connectivity index (χ1n) is 15.2. The first-order chi connectivity index (χ1) is 25.5. The van der Waals surface area contributed by atoms with Crippen LogP contribution < -0.4 is 16.4 Å². The fourth-order valence-corrected chi connectivity index (χ4v) is 7.69. The van der Waals surface area contributed by atoms with Gasteiger partial charge in [0.2, 0.25) is 6.10 Å². The summed E-state index contributed by atoms with van der Waals surface area (Å²) in [7, 11) is 0. The number of carbonyl (C=O) groups excluding carboxylic acids is 3. The lowest BCUT2D eigenvalue weighted by Gasteiger charge is -2.49. The number of carbonyl (C=O) groups is 6. The van der Waals surface area contributed by atoms with Gasteiger partial charge in [0, 0.05) is 34.6 Å². The number of aromatic hydroxyl groups is 2. The minimum atomic E-state index is -5.08. The number of anilines is 1. The molecule has 1 fully saturated rings. The van der Waals surface area contributed by atoms with Crippen molar-refractivity contribution in [3.05, 3.63) is 45.1 Å². The third-order valence-corrected chi connectivity index (χ3v) is 10.6. The standard InChI is InChI=1S/C28H31ClN6O10S3.C2HF3O2/c1-28(2,3)20(26(43)44)45-34-16(13-10-48-27(30)32-13)22(39)33-17-23(40)35-18(25(41)42)11(9-47-24(17)35)8-46-7-6-31-21(38)12-4-5-14(36)19(37)15(12)29;3-2(4,5)1(6)7/h4-5,10,17,20,24,36-37H,6-9H2,1-3H3,(H2,30,32)(H,31,38)(H,33,39)(H,41,42)(H,43,44);(H,6,7)/b34-16-;/t17-,20?,24-;/m1./s1. The number of nitrogen functional groups attached to an aromatic ring is 1. The lowest BCUT2D eigenvalue weighted by molar-refractivity contribution is -0.192. The first-order valence-corrected chi connectivity index (χ1v) is 18.7. The number of fused-ring (bicyclic) bond motifs is 1. The summed E-state index contributed by atoms with van der Waals surface area (Å²) in [6.07, 6.45) is -6.51. The van der Waals surface area contributed by atoms with E-state index in [1.165, 1.54) is 35.0 Å². The molecule has 1 aromatic carbocycles. The molecule has 3 heterocycles. The largest absolute Gasteiger partial charge is 0.504 e. The molecule has 0 radical (unpaired) electrons. The molecule has 18 nitrogen and oxygen atoms in total. The van der Waals surface area contributed by atoms with Crippen molar-refractivity contribution in [3.8, 4) is 11.5 Å². The van der Waals surface area contributed by atoms with Gasteiger partial charge in [-0.25, -0.2) is 19.4 Å². The van der Waals surface area contributed by atoms with Gasteiger partial charge in [-0.3, -0.25) is 19.3 Å². The number of benzene rings is 1. The number of hydrogen-bond donors (Lipinski definition) is 8. The van der Waals surface area contributed by atoms with Crippen LogP contribution in [0.2, 0.25) is 5.02 Å². The zero-order valence-electron chi connectivity index (χ0n) is 28.5. The van der Waals surface area contributed by atoms with E-state index in [9.17, 15) is 57.6 Å². The number of nitrogens with one attached hydrogen (secondary N) is 2. The van der Waals surface area contributed by atoms with Crippen molar-refractivity contribution >= 4 is 92.9 Å². The molecule has 3 amide bonds. The second-order valence-corrected chi connectivity index (χ2v) is 15.7. The number of hydrogen-bond acceptors (Lipinski definition) is 15. The van der Waals surface area contributed by atoms with Crippen molar-refractivity contribution in [2.75, 3.05) is 29.5 Å². The summed E-state index contributed by atoms with van der Waals surface area (Å²) in [6.45, 7) is 5.02. The van der Waals surface area contributed by atoms with Gasteiger partial charge in [0.05, 0.1) is 10.6 Å². The highest BCUT2D eigenvalue weighted by atomic mass is 35.5.